The molecule has 6 nitrogen and oxygen atoms in total. The van der Waals surface area contributed by atoms with E-state index in [0.717, 1.165) is 23.5 Å². The average molecular weight is 417 g/mol. The predicted molar refractivity (Wildman–Crippen MR) is 111 cm³/mol. The minimum Gasteiger partial charge on any atom is -0.497 e. The minimum absolute atomic E-state index is 0.00917. The fourth-order valence-electron chi connectivity index (χ4n) is 6.66. The summed E-state index contributed by atoms with van der Waals surface area (Å²) in [4.78, 5) is 29.5. The number of nitrogens with zero attached hydrogens (tertiary/aromatic N) is 2. The van der Waals surface area contributed by atoms with Gasteiger partial charge in [0.05, 0.1) is 25.5 Å². The van der Waals surface area contributed by atoms with Gasteiger partial charge in [-0.15, -0.1) is 11.8 Å². The fraction of sp³-hybridized carbons (Fsp3) is 0.636. The van der Waals surface area contributed by atoms with Crippen LogP contribution in [0.2, 0.25) is 0 Å². The third kappa shape index (κ3) is 2.40. The highest BCUT2D eigenvalue weighted by atomic mass is 32.2. The van der Waals surface area contributed by atoms with Crippen molar-refractivity contribution in [3.05, 3.63) is 29.8 Å². The number of rotatable bonds is 5. The lowest BCUT2D eigenvalue weighted by Crippen LogP contribution is -2.52. The van der Waals surface area contributed by atoms with Gasteiger partial charge < -0.3 is 14.4 Å². The second-order valence-corrected chi connectivity index (χ2v) is 10.5. The molecule has 4 aliphatic heterocycles. The van der Waals surface area contributed by atoms with Crippen LogP contribution in [0.25, 0.3) is 0 Å². The maximum Gasteiger partial charge on any atom is 0.307 e. The Morgan fingerprint density at radius 1 is 1.24 bits per heavy atom. The van der Waals surface area contributed by atoms with Crippen LogP contribution < -0.4 is 4.74 Å². The van der Waals surface area contributed by atoms with E-state index in [2.05, 4.69) is 23.6 Å². The molecule has 0 aromatic heterocycles. The van der Waals surface area contributed by atoms with E-state index in [1.54, 1.807) is 7.11 Å². The second kappa shape index (κ2) is 6.14. The quantitative estimate of drug-likeness (QED) is 0.543. The Morgan fingerprint density at radius 3 is 2.62 bits per heavy atom. The van der Waals surface area contributed by atoms with Gasteiger partial charge in [-0.2, -0.15) is 0 Å². The fourth-order valence-corrected chi connectivity index (χ4v) is 8.93. The summed E-state index contributed by atoms with van der Waals surface area (Å²) in [5.74, 6) is 2.21. The molecule has 6 atom stereocenters. The molecule has 4 heterocycles. The number of methoxy groups -OCH3 is 2. The number of ether oxygens (including phenoxy) is 2. The van der Waals surface area contributed by atoms with Crippen LogP contribution in [-0.2, 0) is 20.9 Å². The van der Waals surface area contributed by atoms with Crippen molar-refractivity contribution >= 4 is 23.6 Å². The smallest absolute Gasteiger partial charge is 0.307 e. The van der Waals surface area contributed by atoms with Gasteiger partial charge in [0, 0.05) is 41.8 Å². The average Bonchev–Trinajstić information content (AvgIpc) is 2.91. The van der Waals surface area contributed by atoms with Gasteiger partial charge in [0.1, 0.15) is 5.75 Å². The van der Waals surface area contributed by atoms with Gasteiger partial charge in [-0.05, 0) is 38.0 Å². The predicted octanol–water partition coefficient (Wildman–Crippen LogP) is 2.66. The molecule has 0 aliphatic carbocycles. The van der Waals surface area contributed by atoms with Crippen LogP contribution in [0.4, 0.5) is 0 Å². The summed E-state index contributed by atoms with van der Waals surface area (Å²) < 4.78 is 10.2. The molecular weight excluding hydrogens is 388 g/mol. The monoisotopic (exact) mass is 416 g/mol. The topological polar surface area (TPSA) is 58.9 Å². The van der Waals surface area contributed by atoms with Gasteiger partial charge in [0.15, 0.2) is 0 Å². The summed E-state index contributed by atoms with van der Waals surface area (Å²) in [5.41, 5.74) is 1.07. The number of thioether (sulfide) groups is 1. The number of fused-ring (bicyclic) bond motifs is 5. The first-order valence-electron chi connectivity index (χ1n) is 10.2. The number of carbonyl (C=O) groups excluding carboxylic acids is 2. The molecule has 1 aromatic carbocycles. The van der Waals surface area contributed by atoms with E-state index in [1.165, 1.54) is 7.11 Å². The molecule has 1 amide bonds. The molecule has 0 N–H and O–H groups in total. The second-order valence-electron chi connectivity index (χ2n) is 9.29. The zero-order valence-corrected chi connectivity index (χ0v) is 18.3. The third-order valence-electron chi connectivity index (χ3n) is 7.63. The van der Waals surface area contributed by atoms with E-state index >= 15 is 0 Å². The van der Waals surface area contributed by atoms with Crippen LogP contribution in [0.3, 0.4) is 0 Å². The van der Waals surface area contributed by atoms with E-state index in [4.69, 9.17) is 9.47 Å². The molecular formula is C22H28N2O4S. The number of amides is 1. The van der Waals surface area contributed by atoms with Crippen molar-refractivity contribution in [3.8, 4) is 5.75 Å². The van der Waals surface area contributed by atoms with Crippen LogP contribution in [0.15, 0.2) is 24.3 Å². The SMILES string of the molecule is COC(=O)CC1(C)CC2(C)N1C21SCC2C1CC(=O)N2Cc1ccc(OC)cc1. The highest BCUT2D eigenvalue weighted by Crippen LogP contribution is 2.80. The van der Waals surface area contributed by atoms with Crippen molar-refractivity contribution < 1.29 is 19.1 Å². The highest BCUT2D eigenvalue weighted by Gasteiger charge is 2.89. The normalized spacial score (nSPS) is 41.7. The molecule has 0 radical (unpaired) electrons. The maximum absolute atomic E-state index is 13.0. The molecule has 4 fully saturated rings. The molecule has 4 saturated heterocycles. The van der Waals surface area contributed by atoms with Gasteiger partial charge in [-0.25, -0.2) is 0 Å². The lowest BCUT2D eigenvalue weighted by molar-refractivity contribution is -0.144. The number of hydrogen-bond donors (Lipinski definition) is 0. The molecule has 5 rings (SSSR count). The van der Waals surface area contributed by atoms with Gasteiger partial charge in [-0.1, -0.05) is 12.1 Å². The molecule has 29 heavy (non-hydrogen) atoms. The molecule has 4 aliphatic rings. The van der Waals surface area contributed by atoms with Crippen molar-refractivity contribution in [3.63, 3.8) is 0 Å². The van der Waals surface area contributed by atoms with Crippen LogP contribution in [0.1, 0.15) is 38.7 Å². The molecule has 6 unspecified atom stereocenters. The zero-order valence-electron chi connectivity index (χ0n) is 17.4. The lowest BCUT2D eigenvalue weighted by atomic mass is 9.78. The van der Waals surface area contributed by atoms with E-state index in [0.29, 0.717) is 25.3 Å². The lowest BCUT2D eigenvalue weighted by Gasteiger charge is -2.43. The summed E-state index contributed by atoms with van der Waals surface area (Å²) in [6.45, 7) is 5.12. The maximum atomic E-state index is 13.0. The Balaban J connectivity index is 1.35. The first kappa shape index (κ1) is 19.2. The molecule has 156 valence electrons. The van der Waals surface area contributed by atoms with Crippen molar-refractivity contribution in [1.82, 2.24) is 9.80 Å². The molecule has 7 heteroatoms. The summed E-state index contributed by atoms with van der Waals surface area (Å²) in [6.07, 6.45) is 2.01. The Labute approximate surface area is 175 Å². The first-order chi connectivity index (χ1) is 13.8. The van der Waals surface area contributed by atoms with Gasteiger partial charge in [-0.3, -0.25) is 14.5 Å². The largest absolute Gasteiger partial charge is 0.497 e. The number of likely N-dealkylation sites (tertiary alicyclic amines) is 1. The van der Waals surface area contributed by atoms with Gasteiger partial charge in [0.25, 0.3) is 0 Å². The first-order valence-corrected chi connectivity index (χ1v) is 11.2. The number of esters is 1. The summed E-state index contributed by atoms with van der Waals surface area (Å²) in [6, 6.07) is 8.24. The van der Waals surface area contributed by atoms with Crippen LogP contribution in [0.5, 0.6) is 5.75 Å². The molecule has 1 spiro atoms. The summed E-state index contributed by atoms with van der Waals surface area (Å²) in [7, 11) is 3.11. The standard InChI is InChI=1S/C22H28N2O4S/c1-20(10-19(26)28-4)13-21(2)22(24(20)21)16-9-18(25)23(17(16)12-29-22)11-14-5-7-15(27-3)8-6-14/h5-8,16-17H,9-13H2,1-4H3. The van der Waals surface area contributed by atoms with Crippen molar-refractivity contribution in [2.24, 2.45) is 5.92 Å². The number of benzene rings is 1. The third-order valence-corrected chi connectivity index (χ3v) is 9.51. The Morgan fingerprint density at radius 2 is 1.97 bits per heavy atom. The molecule has 0 saturated carbocycles. The van der Waals surface area contributed by atoms with Crippen LogP contribution >= 0.6 is 11.8 Å². The highest BCUT2D eigenvalue weighted by molar-refractivity contribution is 8.01. The van der Waals surface area contributed by atoms with E-state index in [9.17, 15) is 9.59 Å². The van der Waals surface area contributed by atoms with Crippen molar-refractivity contribution in [2.75, 3.05) is 20.0 Å². The number of hydrogen-bond acceptors (Lipinski definition) is 6. The van der Waals surface area contributed by atoms with Crippen molar-refractivity contribution in [2.45, 2.75) is 61.6 Å². The summed E-state index contributed by atoms with van der Waals surface area (Å²) >= 11 is 2.00. The zero-order chi connectivity index (χ0) is 20.6. The van der Waals surface area contributed by atoms with E-state index in [1.807, 2.05) is 36.0 Å². The Bertz CT molecular complexity index is 876. The molecule has 0 bridgehead atoms. The Hall–Kier alpha value is -1.73. The van der Waals surface area contributed by atoms with Gasteiger partial charge >= 0.3 is 5.97 Å². The van der Waals surface area contributed by atoms with Gasteiger partial charge in [0.2, 0.25) is 5.91 Å². The van der Waals surface area contributed by atoms with Crippen LogP contribution in [-0.4, -0.2) is 63.6 Å². The van der Waals surface area contributed by atoms with E-state index in [-0.39, 0.29) is 33.9 Å². The van der Waals surface area contributed by atoms with E-state index < -0.39 is 0 Å². The van der Waals surface area contributed by atoms with Crippen molar-refractivity contribution in [1.29, 1.82) is 0 Å². The van der Waals surface area contributed by atoms with Crippen LogP contribution in [0, 0.1) is 5.92 Å². The number of carbonyl (C=O) groups is 2. The Kier molecular flexibility index (Phi) is 4.07. The summed E-state index contributed by atoms with van der Waals surface area (Å²) in [5, 5.41) is 0. The minimum atomic E-state index is -0.157. The molecule has 1 aromatic rings.